The molecular formula is C8H12BrN3O. The highest BCUT2D eigenvalue weighted by Gasteiger charge is 2.13. The molecule has 1 atom stereocenters. The lowest BCUT2D eigenvalue weighted by Gasteiger charge is -2.07. The molecule has 1 aromatic rings. The Morgan fingerprint density at radius 3 is 3.00 bits per heavy atom. The average Bonchev–Trinajstić information content (AvgIpc) is 2.50. The lowest BCUT2D eigenvalue weighted by Crippen LogP contribution is -2.23. The fourth-order valence-electron chi connectivity index (χ4n) is 0.860. The molecule has 0 fully saturated rings. The van der Waals surface area contributed by atoms with Gasteiger partial charge in [-0.1, -0.05) is 22.9 Å². The number of hydrogen-bond donors (Lipinski definition) is 1. The number of alkyl halides is 1. The van der Waals surface area contributed by atoms with Crippen LogP contribution in [0.4, 0.5) is 5.95 Å². The van der Waals surface area contributed by atoms with Gasteiger partial charge in [0.15, 0.2) is 0 Å². The van der Waals surface area contributed by atoms with Gasteiger partial charge in [0.25, 0.3) is 0 Å². The van der Waals surface area contributed by atoms with E-state index in [1.807, 2.05) is 14.0 Å². The fraction of sp³-hybridized carbons (Fsp3) is 0.500. The van der Waals surface area contributed by atoms with Crippen molar-refractivity contribution in [2.45, 2.75) is 18.2 Å². The van der Waals surface area contributed by atoms with Crippen LogP contribution >= 0.6 is 15.9 Å². The predicted molar refractivity (Wildman–Crippen MR) is 54.8 cm³/mol. The van der Waals surface area contributed by atoms with Crippen molar-refractivity contribution >= 4 is 27.8 Å². The molecule has 0 aliphatic rings. The number of aromatic nitrogens is 2. The van der Waals surface area contributed by atoms with Crippen molar-refractivity contribution in [2.75, 3.05) is 5.32 Å². The van der Waals surface area contributed by atoms with Crippen molar-refractivity contribution in [3.8, 4) is 0 Å². The molecule has 1 aromatic heterocycles. The van der Waals surface area contributed by atoms with E-state index in [2.05, 4.69) is 26.2 Å². The van der Waals surface area contributed by atoms with E-state index in [1.165, 1.54) is 0 Å². The van der Waals surface area contributed by atoms with E-state index < -0.39 is 0 Å². The molecule has 0 aliphatic carbocycles. The van der Waals surface area contributed by atoms with Crippen LogP contribution in [0.15, 0.2) is 12.4 Å². The Morgan fingerprint density at radius 1 is 1.85 bits per heavy atom. The molecule has 72 valence electrons. The third-order valence-electron chi connectivity index (χ3n) is 1.70. The van der Waals surface area contributed by atoms with Gasteiger partial charge < -0.3 is 4.57 Å². The largest absolute Gasteiger partial charge is 0.320 e. The molecule has 0 spiro atoms. The molecule has 0 bridgehead atoms. The van der Waals surface area contributed by atoms with Gasteiger partial charge in [-0.3, -0.25) is 10.1 Å². The van der Waals surface area contributed by atoms with E-state index in [0.717, 1.165) is 6.42 Å². The number of halogens is 1. The average molecular weight is 246 g/mol. The molecule has 1 heterocycles. The smallest absolute Gasteiger partial charge is 0.240 e. The zero-order valence-electron chi connectivity index (χ0n) is 7.62. The van der Waals surface area contributed by atoms with Crippen LogP contribution in [0.25, 0.3) is 0 Å². The van der Waals surface area contributed by atoms with Gasteiger partial charge in [-0.2, -0.15) is 0 Å². The number of nitrogens with zero attached hydrogens (tertiary/aromatic N) is 2. The van der Waals surface area contributed by atoms with Gasteiger partial charge in [0.1, 0.15) is 0 Å². The summed E-state index contributed by atoms with van der Waals surface area (Å²) in [6.07, 6.45) is 4.19. The number of nitrogens with one attached hydrogen (secondary N) is 1. The molecule has 1 rings (SSSR count). The van der Waals surface area contributed by atoms with Gasteiger partial charge in [-0.25, -0.2) is 4.98 Å². The number of carbonyl (C=O) groups excluding carboxylic acids is 1. The Labute approximate surface area is 85.5 Å². The number of hydrogen-bond acceptors (Lipinski definition) is 2. The topological polar surface area (TPSA) is 46.9 Å². The van der Waals surface area contributed by atoms with Gasteiger partial charge in [0, 0.05) is 19.4 Å². The van der Waals surface area contributed by atoms with Crippen LogP contribution in [0.1, 0.15) is 13.3 Å². The highest BCUT2D eigenvalue weighted by molar-refractivity contribution is 9.10. The summed E-state index contributed by atoms with van der Waals surface area (Å²) in [7, 11) is 1.83. The van der Waals surface area contributed by atoms with Crippen LogP contribution in [0.3, 0.4) is 0 Å². The van der Waals surface area contributed by atoms with Gasteiger partial charge in [0.2, 0.25) is 11.9 Å². The first-order chi connectivity index (χ1) is 6.15. The molecule has 13 heavy (non-hydrogen) atoms. The lowest BCUT2D eigenvalue weighted by atomic mass is 10.3. The fourth-order valence-corrected chi connectivity index (χ4v) is 0.974. The number of amides is 1. The SMILES string of the molecule is CCC(Br)C(=O)Nc1nccn1C. The van der Waals surface area contributed by atoms with Gasteiger partial charge >= 0.3 is 0 Å². The number of carbonyl (C=O) groups is 1. The molecule has 0 saturated heterocycles. The maximum atomic E-state index is 11.4. The summed E-state index contributed by atoms with van der Waals surface area (Å²) >= 11 is 3.26. The Morgan fingerprint density at radius 2 is 2.54 bits per heavy atom. The standard InChI is InChI=1S/C8H12BrN3O/c1-3-6(9)7(13)11-8-10-4-5-12(8)2/h4-6H,3H2,1-2H3,(H,10,11,13). The van der Waals surface area contributed by atoms with Gasteiger partial charge in [0.05, 0.1) is 4.83 Å². The number of rotatable bonds is 3. The first kappa shape index (κ1) is 10.2. The first-order valence-corrected chi connectivity index (χ1v) is 4.99. The maximum Gasteiger partial charge on any atom is 0.240 e. The minimum atomic E-state index is -0.149. The predicted octanol–water partition coefficient (Wildman–Crippen LogP) is 1.53. The van der Waals surface area contributed by atoms with Crippen LogP contribution in [0, 0.1) is 0 Å². The quantitative estimate of drug-likeness (QED) is 0.822. The van der Waals surface area contributed by atoms with Crippen LogP contribution in [0.2, 0.25) is 0 Å². The van der Waals surface area contributed by atoms with Gasteiger partial charge in [-0.15, -0.1) is 0 Å². The third kappa shape index (κ3) is 2.55. The number of imidazole rings is 1. The maximum absolute atomic E-state index is 11.4. The summed E-state index contributed by atoms with van der Waals surface area (Å²) in [5, 5.41) is 2.71. The summed E-state index contributed by atoms with van der Waals surface area (Å²) in [5.41, 5.74) is 0. The highest BCUT2D eigenvalue weighted by atomic mass is 79.9. The van der Waals surface area contributed by atoms with E-state index >= 15 is 0 Å². The van der Waals surface area contributed by atoms with E-state index in [4.69, 9.17) is 0 Å². The Kier molecular flexibility index (Phi) is 3.48. The second-order valence-electron chi connectivity index (χ2n) is 2.73. The summed E-state index contributed by atoms with van der Waals surface area (Å²) in [5.74, 6) is 0.514. The third-order valence-corrected chi connectivity index (χ3v) is 2.76. The Hall–Kier alpha value is -0.840. The summed E-state index contributed by atoms with van der Waals surface area (Å²) in [4.78, 5) is 15.2. The summed E-state index contributed by atoms with van der Waals surface area (Å²) in [6, 6.07) is 0. The first-order valence-electron chi connectivity index (χ1n) is 4.07. The minimum absolute atomic E-state index is 0.0585. The molecule has 0 radical (unpaired) electrons. The minimum Gasteiger partial charge on any atom is -0.320 e. The second-order valence-corrected chi connectivity index (χ2v) is 3.83. The number of anilines is 1. The molecular weight excluding hydrogens is 234 g/mol. The van der Waals surface area contributed by atoms with Crippen LogP contribution in [-0.4, -0.2) is 20.3 Å². The Bertz CT molecular complexity index is 297. The van der Waals surface area contributed by atoms with E-state index in [-0.39, 0.29) is 10.7 Å². The van der Waals surface area contributed by atoms with Crippen molar-refractivity contribution in [3.63, 3.8) is 0 Å². The molecule has 5 heteroatoms. The van der Waals surface area contributed by atoms with Crippen molar-refractivity contribution in [1.82, 2.24) is 9.55 Å². The highest BCUT2D eigenvalue weighted by Crippen LogP contribution is 2.08. The normalized spacial score (nSPS) is 12.5. The van der Waals surface area contributed by atoms with E-state index in [0.29, 0.717) is 5.95 Å². The van der Waals surface area contributed by atoms with Crippen molar-refractivity contribution in [3.05, 3.63) is 12.4 Å². The van der Waals surface area contributed by atoms with Crippen molar-refractivity contribution in [1.29, 1.82) is 0 Å². The zero-order valence-corrected chi connectivity index (χ0v) is 9.21. The zero-order chi connectivity index (χ0) is 9.84. The van der Waals surface area contributed by atoms with Crippen molar-refractivity contribution < 1.29 is 4.79 Å². The monoisotopic (exact) mass is 245 g/mol. The summed E-state index contributed by atoms with van der Waals surface area (Å²) < 4.78 is 1.76. The molecule has 1 amide bonds. The number of aryl methyl sites for hydroxylation is 1. The van der Waals surface area contributed by atoms with E-state index in [1.54, 1.807) is 17.0 Å². The van der Waals surface area contributed by atoms with E-state index in [9.17, 15) is 4.79 Å². The van der Waals surface area contributed by atoms with Crippen molar-refractivity contribution in [2.24, 2.45) is 7.05 Å². The molecule has 0 saturated carbocycles. The van der Waals surface area contributed by atoms with Crippen LogP contribution < -0.4 is 5.32 Å². The lowest BCUT2D eigenvalue weighted by molar-refractivity contribution is -0.115. The molecule has 0 aromatic carbocycles. The Balaban J connectivity index is 2.60. The molecule has 1 unspecified atom stereocenters. The van der Waals surface area contributed by atoms with Crippen LogP contribution in [0.5, 0.6) is 0 Å². The van der Waals surface area contributed by atoms with Crippen LogP contribution in [-0.2, 0) is 11.8 Å². The second kappa shape index (κ2) is 4.41. The molecule has 4 nitrogen and oxygen atoms in total. The van der Waals surface area contributed by atoms with Gasteiger partial charge in [-0.05, 0) is 6.42 Å². The summed E-state index contributed by atoms with van der Waals surface area (Å²) in [6.45, 7) is 1.94. The molecule has 0 aliphatic heterocycles. The molecule has 1 N–H and O–H groups in total.